The van der Waals surface area contributed by atoms with E-state index in [0.717, 1.165) is 45.1 Å². The van der Waals surface area contributed by atoms with Crippen LogP contribution in [-0.4, -0.2) is 67.8 Å². The maximum absolute atomic E-state index is 13.4. The van der Waals surface area contributed by atoms with Crippen molar-refractivity contribution in [3.05, 3.63) is 0 Å². The highest BCUT2D eigenvalue weighted by molar-refractivity contribution is 7.48. The van der Waals surface area contributed by atoms with Gasteiger partial charge in [-0.2, -0.15) is 0 Å². The molecule has 0 saturated heterocycles. The van der Waals surface area contributed by atoms with Crippen molar-refractivity contribution in [1.82, 2.24) is 4.90 Å². The number of hydrogen-bond acceptors (Lipinski definition) is 7. The molecule has 0 rings (SSSR count). The largest absolute Gasteiger partial charge is 0.474 e. The molecule has 0 fully saturated rings. The van der Waals surface area contributed by atoms with Crippen LogP contribution in [0, 0.1) is 0 Å². The van der Waals surface area contributed by atoms with Gasteiger partial charge in [0.05, 0.1) is 33.0 Å². The smallest absolute Gasteiger partial charge is 0.395 e. The lowest BCUT2D eigenvalue weighted by Crippen LogP contribution is -2.30. The number of phosphoric acid groups is 1. The summed E-state index contributed by atoms with van der Waals surface area (Å²) in [6.07, 6.45) is 32.1. The number of unbranched alkanes of at least 4 members (excludes halogenated alkanes) is 23. The molecule has 0 amide bonds. The lowest BCUT2D eigenvalue weighted by atomic mass is 10.1. The molecular formula is C36H76NO6P. The Morgan fingerprint density at radius 2 is 0.682 bits per heavy atom. The summed E-state index contributed by atoms with van der Waals surface area (Å²) >= 11 is 0. The van der Waals surface area contributed by atoms with Gasteiger partial charge < -0.3 is 10.2 Å². The molecule has 8 heteroatoms. The Kier molecular flexibility index (Phi) is 35.8. The summed E-state index contributed by atoms with van der Waals surface area (Å²) in [7, 11) is -3.57. The molecule has 44 heavy (non-hydrogen) atoms. The van der Waals surface area contributed by atoms with Crippen LogP contribution < -0.4 is 0 Å². The van der Waals surface area contributed by atoms with Gasteiger partial charge in [0.25, 0.3) is 0 Å². The highest BCUT2D eigenvalue weighted by atomic mass is 31.2. The van der Waals surface area contributed by atoms with Gasteiger partial charge >= 0.3 is 7.82 Å². The van der Waals surface area contributed by atoms with Gasteiger partial charge in [-0.05, 0) is 32.2 Å². The minimum Gasteiger partial charge on any atom is -0.395 e. The predicted octanol–water partition coefficient (Wildman–Crippen LogP) is 10.6. The monoisotopic (exact) mass is 650 g/mol. The summed E-state index contributed by atoms with van der Waals surface area (Å²) in [6.45, 7) is 7.67. The average Bonchev–Trinajstić information content (AvgIpc) is 3.02. The second-order valence-corrected chi connectivity index (χ2v) is 14.4. The Hall–Kier alpha value is -0.0100. The standard InChI is InChI=1S/C36H76NO6P/c1-3-5-7-9-11-13-15-17-19-21-23-26-34-41-44(40,43-36-28-25-29-37(30-32-38)31-33-39)42-35-27-24-22-20-18-16-14-12-10-8-6-4-2/h38-39H,3-36H2,1-2H3. The first-order chi connectivity index (χ1) is 21.6. The van der Waals surface area contributed by atoms with Crippen molar-refractivity contribution in [1.29, 1.82) is 0 Å². The van der Waals surface area contributed by atoms with Crippen molar-refractivity contribution in [2.75, 3.05) is 52.7 Å². The topological polar surface area (TPSA) is 88.5 Å². The zero-order chi connectivity index (χ0) is 32.2. The normalized spacial score (nSPS) is 12.1. The fourth-order valence-electron chi connectivity index (χ4n) is 5.58. The lowest BCUT2D eigenvalue weighted by molar-refractivity contribution is 0.106. The van der Waals surface area contributed by atoms with E-state index >= 15 is 0 Å². The molecule has 266 valence electrons. The summed E-state index contributed by atoms with van der Waals surface area (Å²) in [5.41, 5.74) is 0. The maximum Gasteiger partial charge on any atom is 0.474 e. The molecule has 0 spiro atoms. The summed E-state index contributed by atoms with van der Waals surface area (Å²) in [5, 5.41) is 18.4. The second kappa shape index (κ2) is 35.8. The van der Waals surface area contributed by atoms with Crippen molar-refractivity contribution in [3.8, 4) is 0 Å². The first-order valence-electron chi connectivity index (χ1n) is 19.1. The van der Waals surface area contributed by atoms with E-state index in [-0.39, 0.29) is 13.2 Å². The maximum atomic E-state index is 13.4. The van der Waals surface area contributed by atoms with Gasteiger partial charge in [-0.3, -0.25) is 18.5 Å². The Bertz CT molecular complexity index is 557. The van der Waals surface area contributed by atoms with Crippen LogP contribution in [0.4, 0.5) is 0 Å². The molecule has 0 aromatic rings. The molecule has 0 atom stereocenters. The number of aliphatic hydroxyl groups excluding tert-OH is 2. The Labute approximate surface area is 274 Å². The van der Waals surface area contributed by atoms with Crippen LogP contribution in [0.2, 0.25) is 0 Å². The number of nitrogens with zero attached hydrogens (tertiary/aromatic N) is 1. The zero-order valence-corrected chi connectivity index (χ0v) is 30.4. The molecule has 0 saturated carbocycles. The van der Waals surface area contributed by atoms with E-state index in [1.807, 2.05) is 4.90 Å². The molecule has 0 radical (unpaired) electrons. The van der Waals surface area contributed by atoms with Crippen LogP contribution in [0.25, 0.3) is 0 Å². The second-order valence-electron chi connectivity index (χ2n) is 12.7. The first-order valence-corrected chi connectivity index (χ1v) is 20.6. The summed E-state index contributed by atoms with van der Waals surface area (Å²) in [5.74, 6) is 0. The highest BCUT2D eigenvalue weighted by Crippen LogP contribution is 2.50. The minimum atomic E-state index is -3.57. The van der Waals surface area contributed by atoms with E-state index < -0.39 is 7.82 Å². The highest BCUT2D eigenvalue weighted by Gasteiger charge is 2.26. The first kappa shape index (κ1) is 44.0. The van der Waals surface area contributed by atoms with Gasteiger partial charge in [0.2, 0.25) is 0 Å². The minimum absolute atomic E-state index is 0.0750. The molecule has 0 aromatic heterocycles. The van der Waals surface area contributed by atoms with Gasteiger partial charge in [-0.1, -0.05) is 155 Å². The van der Waals surface area contributed by atoms with Crippen molar-refractivity contribution in [3.63, 3.8) is 0 Å². The molecule has 2 N–H and O–H groups in total. The van der Waals surface area contributed by atoms with E-state index in [1.165, 1.54) is 128 Å². The average molecular weight is 650 g/mol. The zero-order valence-electron chi connectivity index (χ0n) is 29.5. The van der Waals surface area contributed by atoms with E-state index in [1.54, 1.807) is 0 Å². The summed E-state index contributed by atoms with van der Waals surface area (Å²) in [6, 6.07) is 0. The van der Waals surface area contributed by atoms with Crippen molar-refractivity contribution < 1.29 is 28.3 Å². The van der Waals surface area contributed by atoms with Crippen LogP contribution in [-0.2, 0) is 18.1 Å². The third-order valence-electron chi connectivity index (χ3n) is 8.45. The molecular weight excluding hydrogens is 573 g/mol. The third-order valence-corrected chi connectivity index (χ3v) is 9.94. The quantitative estimate of drug-likeness (QED) is 0.0508. The number of rotatable bonds is 38. The molecule has 0 aromatic carbocycles. The summed E-state index contributed by atoms with van der Waals surface area (Å²) < 4.78 is 30.6. The van der Waals surface area contributed by atoms with Gasteiger partial charge in [0.15, 0.2) is 0 Å². The fraction of sp³-hybridized carbons (Fsp3) is 1.00. The van der Waals surface area contributed by atoms with Crippen LogP contribution >= 0.6 is 7.82 Å². The molecule has 0 unspecified atom stereocenters. The fourth-order valence-corrected chi connectivity index (χ4v) is 6.86. The predicted molar refractivity (Wildman–Crippen MR) is 187 cm³/mol. The number of phosphoric ester groups is 1. The van der Waals surface area contributed by atoms with Gasteiger partial charge in [-0.15, -0.1) is 0 Å². The molecule has 0 aliphatic carbocycles. The molecule has 0 bridgehead atoms. The molecule has 0 aliphatic rings. The Balaban J connectivity index is 4.18. The van der Waals surface area contributed by atoms with Crippen molar-refractivity contribution >= 4 is 7.82 Å². The van der Waals surface area contributed by atoms with E-state index in [4.69, 9.17) is 13.6 Å². The van der Waals surface area contributed by atoms with Crippen LogP contribution in [0.15, 0.2) is 0 Å². The lowest BCUT2D eigenvalue weighted by Gasteiger charge is -2.21. The molecule has 0 heterocycles. The van der Waals surface area contributed by atoms with Gasteiger partial charge in [0.1, 0.15) is 0 Å². The van der Waals surface area contributed by atoms with Crippen LogP contribution in [0.3, 0.4) is 0 Å². The van der Waals surface area contributed by atoms with Gasteiger partial charge in [-0.25, -0.2) is 4.57 Å². The number of aliphatic hydroxyl groups is 2. The molecule has 0 aliphatic heterocycles. The van der Waals surface area contributed by atoms with E-state index in [2.05, 4.69) is 13.8 Å². The van der Waals surface area contributed by atoms with Gasteiger partial charge in [0, 0.05) is 13.1 Å². The molecule has 7 nitrogen and oxygen atoms in total. The third kappa shape index (κ3) is 32.0. The number of hydrogen-bond donors (Lipinski definition) is 2. The Morgan fingerprint density at radius 1 is 0.409 bits per heavy atom. The van der Waals surface area contributed by atoms with Crippen LogP contribution in [0.5, 0.6) is 0 Å². The van der Waals surface area contributed by atoms with E-state index in [0.29, 0.717) is 32.9 Å². The summed E-state index contributed by atoms with van der Waals surface area (Å²) in [4.78, 5) is 2.02. The van der Waals surface area contributed by atoms with Crippen LogP contribution in [0.1, 0.15) is 181 Å². The Morgan fingerprint density at radius 3 is 0.977 bits per heavy atom. The SMILES string of the molecule is CCCCCCCCCCCCCCOP(=O)(OCCCCCCCCCCCCCC)OCCCCN(CCO)CCO. The van der Waals surface area contributed by atoms with Crippen molar-refractivity contribution in [2.45, 2.75) is 181 Å². The van der Waals surface area contributed by atoms with E-state index in [9.17, 15) is 14.8 Å². The van der Waals surface area contributed by atoms with Crippen molar-refractivity contribution in [2.24, 2.45) is 0 Å².